The lowest BCUT2D eigenvalue weighted by Gasteiger charge is -2.24. The minimum absolute atomic E-state index is 0.0230. The summed E-state index contributed by atoms with van der Waals surface area (Å²) in [5.41, 5.74) is 10.6. The van der Waals surface area contributed by atoms with Gasteiger partial charge in [-0.05, 0) is 12.3 Å². The van der Waals surface area contributed by atoms with Crippen molar-refractivity contribution in [3.63, 3.8) is 0 Å². The molecule has 0 aliphatic heterocycles. The molecule has 0 aromatic rings. The molecule has 4 unspecified atom stereocenters. The van der Waals surface area contributed by atoms with Crippen LogP contribution in [0.5, 0.6) is 0 Å². The highest BCUT2D eigenvalue weighted by molar-refractivity contribution is 7.80. The second-order valence-electron chi connectivity index (χ2n) is 6.79. The Kier molecular flexibility index (Phi) is 11.9. The first-order chi connectivity index (χ1) is 13.4. The third-order valence-corrected chi connectivity index (χ3v) is 4.10. The lowest BCUT2D eigenvalue weighted by Crippen LogP contribution is -2.58. The minimum Gasteiger partial charge on any atom is -0.480 e. The number of hydrogen-bond acceptors (Lipinski definition) is 8. The third kappa shape index (κ3) is 10.1. The Morgan fingerprint density at radius 3 is 1.83 bits per heavy atom. The summed E-state index contributed by atoms with van der Waals surface area (Å²) in [7, 11) is 0. The molecule has 29 heavy (non-hydrogen) atoms. The average Bonchev–Trinajstić information content (AvgIpc) is 2.62. The molecule has 12 nitrogen and oxygen atoms in total. The number of aliphatic hydroxyl groups is 1. The fraction of sp³-hybridized carbons (Fsp3) is 0.688. The van der Waals surface area contributed by atoms with Crippen LogP contribution in [0.15, 0.2) is 0 Å². The predicted molar refractivity (Wildman–Crippen MR) is 106 cm³/mol. The first-order valence-corrected chi connectivity index (χ1v) is 9.45. The van der Waals surface area contributed by atoms with Gasteiger partial charge in [0.2, 0.25) is 23.6 Å². The second-order valence-corrected chi connectivity index (χ2v) is 7.16. The van der Waals surface area contributed by atoms with Crippen molar-refractivity contribution in [2.45, 2.75) is 50.9 Å². The van der Waals surface area contributed by atoms with E-state index in [2.05, 4.69) is 28.6 Å². The Morgan fingerprint density at radius 1 is 0.931 bits per heavy atom. The summed E-state index contributed by atoms with van der Waals surface area (Å²) in [6, 6.07) is -5.23. The van der Waals surface area contributed by atoms with E-state index in [0.717, 1.165) is 0 Å². The summed E-state index contributed by atoms with van der Waals surface area (Å²) in [6.45, 7) is 2.68. The van der Waals surface area contributed by atoms with Gasteiger partial charge in [0.1, 0.15) is 18.1 Å². The molecule has 0 saturated heterocycles. The lowest BCUT2D eigenvalue weighted by atomic mass is 10.0. The molecule has 13 heteroatoms. The highest BCUT2D eigenvalue weighted by Crippen LogP contribution is 2.05. The Hall–Kier alpha value is -2.38. The summed E-state index contributed by atoms with van der Waals surface area (Å²) < 4.78 is 0. The number of carbonyl (C=O) groups is 5. The van der Waals surface area contributed by atoms with Crippen molar-refractivity contribution in [1.29, 1.82) is 0 Å². The molecule has 4 atom stereocenters. The number of carbonyl (C=O) groups excluding carboxylic acids is 4. The molecule has 0 aromatic carbocycles. The van der Waals surface area contributed by atoms with Gasteiger partial charge in [-0.25, -0.2) is 4.79 Å². The molecule has 0 bridgehead atoms. The molecule has 0 aromatic heterocycles. The smallest absolute Gasteiger partial charge is 0.326 e. The zero-order valence-corrected chi connectivity index (χ0v) is 17.1. The minimum atomic E-state index is -1.51. The molecule has 0 rings (SSSR count). The zero-order chi connectivity index (χ0) is 22.7. The number of primary amides is 1. The van der Waals surface area contributed by atoms with Crippen LogP contribution in [-0.2, 0) is 24.0 Å². The fourth-order valence-electron chi connectivity index (χ4n) is 2.20. The van der Waals surface area contributed by atoms with Crippen molar-refractivity contribution >= 4 is 42.2 Å². The van der Waals surface area contributed by atoms with Gasteiger partial charge in [-0.1, -0.05) is 13.8 Å². The Bertz CT molecular complexity index is 616. The molecule has 166 valence electrons. The van der Waals surface area contributed by atoms with E-state index in [1.54, 1.807) is 13.8 Å². The van der Waals surface area contributed by atoms with E-state index in [1.165, 1.54) is 0 Å². The first kappa shape index (κ1) is 26.6. The number of carboxylic acid groups (broad SMARTS) is 1. The van der Waals surface area contributed by atoms with Gasteiger partial charge in [-0.3, -0.25) is 19.2 Å². The van der Waals surface area contributed by atoms with Gasteiger partial charge in [0.05, 0.1) is 19.1 Å². The number of carboxylic acids is 1. The molecule has 0 fully saturated rings. The van der Waals surface area contributed by atoms with E-state index in [1.807, 2.05) is 0 Å². The molecule has 0 aliphatic rings. The Labute approximate surface area is 173 Å². The van der Waals surface area contributed by atoms with Crippen LogP contribution in [0.4, 0.5) is 0 Å². The van der Waals surface area contributed by atoms with Gasteiger partial charge in [0.15, 0.2) is 0 Å². The van der Waals surface area contributed by atoms with Crippen LogP contribution in [0.2, 0.25) is 0 Å². The van der Waals surface area contributed by atoms with E-state index < -0.39 is 66.8 Å². The van der Waals surface area contributed by atoms with Crippen molar-refractivity contribution in [1.82, 2.24) is 16.0 Å². The van der Waals surface area contributed by atoms with Gasteiger partial charge >= 0.3 is 5.97 Å². The SMILES string of the molecule is CC(C)CC(NC(=O)C(CO)NC(=O)C(CC(N)=O)NC(=O)C(N)CS)C(=O)O. The van der Waals surface area contributed by atoms with E-state index >= 15 is 0 Å². The summed E-state index contributed by atoms with van der Waals surface area (Å²) in [4.78, 5) is 59.0. The number of nitrogens with one attached hydrogen (secondary N) is 3. The van der Waals surface area contributed by atoms with Crippen molar-refractivity contribution in [2.24, 2.45) is 17.4 Å². The first-order valence-electron chi connectivity index (χ1n) is 8.82. The van der Waals surface area contributed by atoms with Crippen LogP contribution in [-0.4, -0.2) is 76.3 Å². The fourth-order valence-corrected chi connectivity index (χ4v) is 2.37. The van der Waals surface area contributed by atoms with Gasteiger partial charge in [0.25, 0.3) is 0 Å². The maximum atomic E-state index is 12.4. The molecular weight excluding hydrogens is 406 g/mol. The van der Waals surface area contributed by atoms with E-state index in [0.29, 0.717) is 0 Å². The van der Waals surface area contributed by atoms with Crippen molar-refractivity contribution in [3.8, 4) is 0 Å². The Morgan fingerprint density at radius 2 is 1.41 bits per heavy atom. The summed E-state index contributed by atoms with van der Waals surface area (Å²) in [5, 5.41) is 25.2. The molecule has 0 spiro atoms. The van der Waals surface area contributed by atoms with Crippen molar-refractivity contribution in [2.75, 3.05) is 12.4 Å². The topological polar surface area (TPSA) is 214 Å². The van der Waals surface area contributed by atoms with Gasteiger partial charge in [-0.15, -0.1) is 0 Å². The summed E-state index contributed by atoms with van der Waals surface area (Å²) >= 11 is 3.86. The van der Waals surface area contributed by atoms with E-state index in [9.17, 15) is 34.2 Å². The maximum absolute atomic E-state index is 12.4. The largest absolute Gasteiger partial charge is 0.480 e. The average molecular weight is 436 g/mol. The number of rotatable bonds is 13. The zero-order valence-electron chi connectivity index (χ0n) is 16.3. The number of hydrogen-bond donors (Lipinski definition) is 8. The van der Waals surface area contributed by atoms with Crippen LogP contribution < -0.4 is 27.4 Å². The highest BCUT2D eigenvalue weighted by Gasteiger charge is 2.30. The number of nitrogens with two attached hydrogens (primary N) is 2. The lowest BCUT2D eigenvalue weighted by molar-refractivity contribution is -0.143. The molecule has 0 saturated carbocycles. The predicted octanol–water partition coefficient (Wildman–Crippen LogP) is -3.30. The normalized spacial score (nSPS) is 15.0. The standard InChI is InChI=1S/C16H29N5O7S/c1-7(2)3-10(16(27)28)20-15(26)11(5-22)21-14(25)9(4-12(18)23)19-13(24)8(17)6-29/h7-11,22,29H,3-6,17H2,1-2H3,(H2,18,23)(H,19,24)(H,20,26)(H,21,25)(H,27,28). The van der Waals surface area contributed by atoms with Crippen LogP contribution in [0, 0.1) is 5.92 Å². The molecule has 0 heterocycles. The monoisotopic (exact) mass is 435 g/mol. The van der Waals surface area contributed by atoms with Gasteiger partial charge < -0.3 is 37.6 Å². The number of aliphatic carboxylic acids is 1. The van der Waals surface area contributed by atoms with Gasteiger partial charge in [-0.2, -0.15) is 12.6 Å². The number of aliphatic hydroxyl groups excluding tert-OH is 1. The molecule has 9 N–H and O–H groups in total. The number of thiol groups is 1. The molecule has 0 aliphatic carbocycles. The van der Waals surface area contributed by atoms with Crippen molar-refractivity contribution in [3.05, 3.63) is 0 Å². The van der Waals surface area contributed by atoms with E-state index in [-0.39, 0.29) is 18.1 Å². The summed E-state index contributed by atoms with van der Waals surface area (Å²) in [5.74, 6) is -4.92. The maximum Gasteiger partial charge on any atom is 0.326 e. The molecule has 4 amide bonds. The van der Waals surface area contributed by atoms with Gasteiger partial charge in [0, 0.05) is 5.75 Å². The van der Waals surface area contributed by atoms with Crippen molar-refractivity contribution < 1.29 is 34.2 Å². The Balaban J connectivity index is 5.21. The van der Waals surface area contributed by atoms with Crippen LogP contribution in [0.3, 0.4) is 0 Å². The molecule has 0 radical (unpaired) electrons. The third-order valence-electron chi connectivity index (χ3n) is 3.71. The number of amides is 4. The quantitative estimate of drug-likeness (QED) is 0.137. The van der Waals surface area contributed by atoms with Crippen LogP contribution >= 0.6 is 12.6 Å². The van der Waals surface area contributed by atoms with E-state index in [4.69, 9.17) is 11.5 Å². The molecular formula is C16H29N5O7S. The van der Waals surface area contributed by atoms with Crippen LogP contribution in [0.25, 0.3) is 0 Å². The van der Waals surface area contributed by atoms with Crippen LogP contribution in [0.1, 0.15) is 26.7 Å². The second kappa shape index (κ2) is 13.0. The highest BCUT2D eigenvalue weighted by atomic mass is 32.1. The summed E-state index contributed by atoms with van der Waals surface area (Å²) in [6.07, 6.45) is -0.448.